The number of benzene rings is 2. The van der Waals surface area contributed by atoms with Crippen molar-refractivity contribution in [1.29, 1.82) is 0 Å². The molecule has 0 atom stereocenters. The summed E-state index contributed by atoms with van der Waals surface area (Å²) in [5.41, 5.74) is 1.09. The third kappa shape index (κ3) is 6.09. The van der Waals surface area contributed by atoms with E-state index in [9.17, 15) is 8.78 Å². The van der Waals surface area contributed by atoms with Crippen LogP contribution in [0.4, 0.5) is 8.78 Å². The van der Waals surface area contributed by atoms with E-state index in [0.717, 1.165) is 42.1 Å². The van der Waals surface area contributed by atoms with E-state index in [1.165, 1.54) is 70.3 Å². The average Bonchev–Trinajstić information content (AvgIpc) is 2.88. The van der Waals surface area contributed by atoms with Crippen molar-refractivity contribution in [3.8, 4) is 5.75 Å². The molecule has 4 rings (SSSR count). The molecule has 1 nitrogen and oxygen atoms in total. The summed E-state index contributed by atoms with van der Waals surface area (Å²) in [5.74, 6) is 1.76. The average molecular weight is 467 g/mol. The molecule has 2 aliphatic carbocycles. The Morgan fingerprint density at radius 1 is 0.794 bits per heavy atom. The highest BCUT2D eigenvalue weighted by Crippen LogP contribution is 2.43. The zero-order valence-electron chi connectivity index (χ0n) is 20.5. The van der Waals surface area contributed by atoms with Crippen LogP contribution in [0, 0.1) is 35.3 Å². The monoisotopic (exact) mass is 466 g/mol. The molecule has 2 saturated carbocycles. The van der Waals surface area contributed by atoms with Crippen LogP contribution in [0.5, 0.6) is 5.75 Å². The number of hydrogen-bond acceptors (Lipinski definition) is 1. The van der Waals surface area contributed by atoms with E-state index in [2.05, 4.69) is 19.2 Å². The number of hydrogen-bond donors (Lipinski definition) is 0. The van der Waals surface area contributed by atoms with Crippen LogP contribution in [-0.4, -0.2) is 6.61 Å². The zero-order chi connectivity index (χ0) is 23.9. The first-order chi connectivity index (χ1) is 16.6. The number of fused-ring (bicyclic) bond motifs is 1. The van der Waals surface area contributed by atoms with Gasteiger partial charge in [0, 0.05) is 5.39 Å². The molecule has 2 fully saturated rings. The Labute approximate surface area is 204 Å². The van der Waals surface area contributed by atoms with Crippen molar-refractivity contribution in [2.75, 3.05) is 6.61 Å². The van der Waals surface area contributed by atoms with Gasteiger partial charge in [-0.05, 0) is 98.1 Å². The Bertz CT molecular complexity index is 965. The number of rotatable bonds is 10. The van der Waals surface area contributed by atoms with Crippen molar-refractivity contribution in [3.05, 3.63) is 66.8 Å². The zero-order valence-corrected chi connectivity index (χ0v) is 20.5. The third-order valence-electron chi connectivity index (χ3n) is 8.48. The Hall–Kier alpha value is -2.16. The summed E-state index contributed by atoms with van der Waals surface area (Å²) in [5, 5.41) is 1.01. The normalized spacial score (nSPS) is 25.2. The van der Waals surface area contributed by atoms with Crippen molar-refractivity contribution >= 4 is 10.8 Å². The van der Waals surface area contributed by atoms with Crippen LogP contribution in [0.1, 0.15) is 76.2 Å². The van der Waals surface area contributed by atoms with Crippen LogP contribution in [0.25, 0.3) is 10.8 Å². The molecule has 2 aromatic rings. The molecule has 0 spiro atoms. The number of ether oxygens (including phenoxy) is 1. The van der Waals surface area contributed by atoms with Crippen LogP contribution in [-0.2, 0) is 6.42 Å². The summed E-state index contributed by atoms with van der Waals surface area (Å²) in [6.45, 7) is 7.58. The lowest BCUT2D eigenvalue weighted by atomic mass is 9.68. The first kappa shape index (κ1) is 24.9. The van der Waals surface area contributed by atoms with Crippen LogP contribution in [0.3, 0.4) is 0 Å². The number of allylic oxidation sites excluding steroid dienone is 1. The molecule has 0 heterocycles. The van der Waals surface area contributed by atoms with Gasteiger partial charge in [0.1, 0.15) is 6.61 Å². The van der Waals surface area contributed by atoms with Gasteiger partial charge in [0.2, 0.25) is 5.82 Å². The van der Waals surface area contributed by atoms with Crippen molar-refractivity contribution < 1.29 is 13.5 Å². The van der Waals surface area contributed by atoms with Crippen LogP contribution < -0.4 is 4.74 Å². The molecule has 0 bridgehead atoms. The Kier molecular flexibility index (Phi) is 8.80. The highest BCUT2D eigenvalue weighted by Gasteiger charge is 2.30. The topological polar surface area (TPSA) is 9.23 Å². The standard InChI is InChI=1S/C31H40F2O/c1-3-5-6-22-9-14-25(15-10-22)26-16-11-23(12-17-26)7-8-24-13-18-27-21-29(34-19-4-2)31(33)30(32)28(27)20-24/h3-4,13,18,20-23,25-26H,1-2,5-12,14-17,19H2. The molecule has 0 aromatic heterocycles. The van der Waals surface area contributed by atoms with Crippen LogP contribution >= 0.6 is 0 Å². The van der Waals surface area contributed by atoms with E-state index >= 15 is 0 Å². The van der Waals surface area contributed by atoms with E-state index < -0.39 is 11.6 Å². The van der Waals surface area contributed by atoms with E-state index in [4.69, 9.17) is 4.74 Å². The van der Waals surface area contributed by atoms with Crippen molar-refractivity contribution in [1.82, 2.24) is 0 Å². The van der Waals surface area contributed by atoms with Gasteiger partial charge in [-0.25, -0.2) is 4.39 Å². The summed E-state index contributed by atoms with van der Waals surface area (Å²) in [4.78, 5) is 0. The van der Waals surface area contributed by atoms with Gasteiger partial charge in [0.15, 0.2) is 11.6 Å². The predicted molar refractivity (Wildman–Crippen MR) is 138 cm³/mol. The van der Waals surface area contributed by atoms with Crippen molar-refractivity contribution in [2.24, 2.45) is 23.7 Å². The summed E-state index contributed by atoms with van der Waals surface area (Å²) in [6.07, 6.45) is 19.2. The molecule has 184 valence electrons. The maximum absolute atomic E-state index is 14.7. The molecular weight excluding hydrogens is 426 g/mol. The number of aryl methyl sites for hydroxylation is 1. The molecule has 3 heteroatoms. The second-order valence-corrected chi connectivity index (χ2v) is 10.6. The second-order valence-electron chi connectivity index (χ2n) is 10.6. The van der Waals surface area contributed by atoms with E-state index in [1.54, 1.807) is 6.07 Å². The van der Waals surface area contributed by atoms with E-state index in [1.807, 2.05) is 18.2 Å². The molecule has 0 aliphatic heterocycles. The maximum atomic E-state index is 14.7. The molecular formula is C31H40F2O. The highest BCUT2D eigenvalue weighted by molar-refractivity contribution is 5.85. The molecule has 0 unspecified atom stereocenters. The highest BCUT2D eigenvalue weighted by atomic mass is 19.2. The SMILES string of the molecule is C=CCCC1CCC(C2CCC(CCc3ccc4cc(OCC=C)c(F)c(F)c4c3)CC2)CC1. The van der Waals surface area contributed by atoms with Gasteiger partial charge in [-0.15, -0.1) is 6.58 Å². The predicted octanol–water partition coefficient (Wildman–Crippen LogP) is 9.19. The van der Waals surface area contributed by atoms with Gasteiger partial charge >= 0.3 is 0 Å². The Morgan fingerprint density at radius 3 is 2.06 bits per heavy atom. The Balaban J connectivity index is 1.27. The van der Waals surface area contributed by atoms with Gasteiger partial charge in [-0.1, -0.05) is 56.5 Å². The quantitative estimate of drug-likeness (QED) is 0.317. The maximum Gasteiger partial charge on any atom is 0.201 e. The summed E-state index contributed by atoms with van der Waals surface area (Å²) in [7, 11) is 0. The minimum atomic E-state index is -0.917. The lowest BCUT2D eigenvalue weighted by molar-refractivity contribution is 0.141. The van der Waals surface area contributed by atoms with Gasteiger partial charge in [-0.3, -0.25) is 0 Å². The molecule has 0 N–H and O–H groups in total. The fraction of sp³-hybridized carbons (Fsp3) is 0.548. The minimum Gasteiger partial charge on any atom is -0.486 e. The van der Waals surface area contributed by atoms with Gasteiger partial charge < -0.3 is 4.74 Å². The first-order valence-electron chi connectivity index (χ1n) is 13.3. The van der Waals surface area contributed by atoms with Crippen LogP contribution in [0.15, 0.2) is 49.6 Å². The van der Waals surface area contributed by atoms with E-state index in [-0.39, 0.29) is 12.4 Å². The summed E-state index contributed by atoms with van der Waals surface area (Å²) in [6, 6.07) is 7.33. The summed E-state index contributed by atoms with van der Waals surface area (Å²) >= 11 is 0. The fourth-order valence-electron chi connectivity index (χ4n) is 6.38. The lowest BCUT2D eigenvalue weighted by Crippen LogP contribution is -2.26. The fourth-order valence-corrected chi connectivity index (χ4v) is 6.38. The summed E-state index contributed by atoms with van der Waals surface area (Å²) < 4.78 is 34.3. The van der Waals surface area contributed by atoms with Gasteiger partial charge in [0.25, 0.3) is 0 Å². The van der Waals surface area contributed by atoms with Crippen molar-refractivity contribution in [3.63, 3.8) is 0 Å². The Morgan fingerprint density at radius 2 is 1.44 bits per heavy atom. The minimum absolute atomic E-state index is 0.0559. The third-order valence-corrected chi connectivity index (χ3v) is 8.48. The lowest BCUT2D eigenvalue weighted by Gasteiger charge is -2.38. The number of halogens is 2. The van der Waals surface area contributed by atoms with Crippen molar-refractivity contribution in [2.45, 2.75) is 77.0 Å². The second kappa shape index (κ2) is 12.0. The first-order valence-corrected chi connectivity index (χ1v) is 13.3. The molecule has 2 aliphatic rings. The van der Waals surface area contributed by atoms with Gasteiger partial charge in [-0.2, -0.15) is 4.39 Å². The largest absolute Gasteiger partial charge is 0.486 e. The molecule has 0 amide bonds. The van der Waals surface area contributed by atoms with Crippen LogP contribution in [0.2, 0.25) is 0 Å². The van der Waals surface area contributed by atoms with Gasteiger partial charge in [0.05, 0.1) is 0 Å². The van der Waals surface area contributed by atoms with E-state index in [0.29, 0.717) is 10.8 Å². The molecule has 34 heavy (non-hydrogen) atoms. The smallest absolute Gasteiger partial charge is 0.201 e. The molecule has 0 radical (unpaired) electrons. The molecule has 0 saturated heterocycles. The molecule has 2 aromatic carbocycles.